The first-order chi connectivity index (χ1) is 17.1. The highest BCUT2D eigenvalue weighted by Gasteiger charge is 2.36. The van der Waals surface area contributed by atoms with Crippen LogP contribution in [0.1, 0.15) is 38.7 Å². The average molecular weight is 481 g/mol. The molecule has 0 fully saturated rings. The minimum Gasteiger partial charge on any atom is -0.343 e. The minimum absolute atomic E-state index is 0.197. The van der Waals surface area contributed by atoms with Gasteiger partial charge in [0, 0.05) is 13.0 Å². The number of halogens is 1. The van der Waals surface area contributed by atoms with E-state index in [1.807, 2.05) is 84.9 Å². The molecule has 0 bridgehead atoms. The molecule has 1 N–H and O–H groups in total. The van der Waals surface area contributed by atoms with E-state index in [9.17, 15) is 9.59 Å². The van der Waals surface area contributed by atoms with Gasteiger partial charge in [-0.2, -0.15) is 0 Å². The Kier molecular flexibility index (Phi) is 6.64. The van der Waals surface area contributed by atoms with Crippen molar-refractivity contribution in [3.63, 3.8) is 0 Å². The van der Waals surface area contributed by atoms with Crippen molar-refractivity contribution in [2.24, 2.45) is 0 Å². The van der Waals surface area contributed by atoms with Crippen LogP contribution in [0.25, 0.3) is 0 Å². The van der Waals surface area contributed by atoms with Gasteiger partial charge in [-0.3, -0.25) is 9.59 Å². The van der Waals surface area contributed by atoms with Crippen molar-refractivity contribution in [1.82, 2.24) is 10.2 Å². The molecule has 0 radical (unpaired) electrons. The average Bonchev–Trinajstić information content (AvgIpc) is 2.91. The van der Waals surface area contributed by atoms with Gasteiger partial charge in [0.25, 0.3) is 5.91 Å². The van der Waals surface area contributed by atoms with Crippen molar-refractivity contribution in [2.75, 3.05) is 0 Å². The number of rotatable bonds is 5. The largest absolute Gasteiger partial charge is 0.343 e. The first kappa shape index (κ1) is 22.9. The number of nitrogens with one attached hydrogen (secondary N) is 1. The van der Waals surface area contributed by atoms with Gasteiger partial charge in [0.1, 0.15) is 6.04 Å². The van der Waals surface area contributed by atoms with Crippen LogP contribution in [0, 0.1) is 0 Å². The molecule has 1 aliphatic rings. The zero-order chi connectivity index (χ0) is 24.2. The molecule has 1 atom stereocenters. The Labute approximate surface area is 210 Å². The predicted octanol–water partition coefficient (Wildman–Crippen LogP) is 5.81. The summed E-state index contributed by atoms with van der Waals surface area (Å²) in [7, 11) is 0. The topological polar surface area (TPSA) is 49.4 Å². The lowest BCUT2D eigenvalue weighted by atomic mass is 9.92. The third-order valence-electron chi connectivity index (χ3n) is 6.47. The molecule has 0 aliphatic carbocycles. The van der Waals surface area contributed by atoms with Crippen LogP contribution in [-0.4, -0.2) is 22.8 Å². The van der Waals surface area contributed by atoms with Gasteiger partial charge in [-0.15, -0.1) is 0 Å². The summed E-state index contributed by atoms with van der Waals surface area (Å²) in [5, 5.41) is 3.61. The fourth-order valence-electron chi connectivity index (χ4n) is 4.65. The zero-order valence-corrected chi connectivity index (χ0v) is 19.9. The molecular formula is C30H25ClN2O2. The van der Waals surface area contributed by atoms with Crippen molar-refractivity contribution in [1.29, 1.82) is 0 Å². The van der Waals surface area contributed by atoms with Crippen molar-refractivity contribution < 1.29 is 9.59 Å². The number of nitrogens with zero attached hydrogens (tertiary/aromatic N) is 1. The second kappa shape index (κ2) is 10.2. The van der Waals surface area contributed by atoms with Gasteiger partial charge in [0.15, 0.2) is 0 Å². The number of fused-ring (bicyclic) bond motifs is 1. The first-order valence-electron chi connectivity index (χ1n) is 11.6. The summed E-state index contributed by atoms with van der Waals surface area (Å²) in [4.78, 5) is 29.1. The normalized spacial score (nSPS) is 14.9. The van der Waals surface area contributed by atoms with Crippen LogP contribution in [-0.2, 0) is 17.8 Å². The van der Waals surface area contributed by atoms with Gasteiger partial charge in [0.2, 0.25) is 5.91 Å². The van der Waals surface area contributed by atoms with E-state index in [0.717, 1.165) is 22.3 Å². The molecule has 1 aliphatic heterocycles. The number of benzene rings is 4. The third-order valence-corrected chi connectivity index (χ3v) is 6.80. The summed E-state index contributed by atoms with van der Waals surface area (Å²) in [5.41, 5.74) is 4.47. The molecule has 4 aromatic carbocycles. The molecule has 174 valence electrons. The smallest absolute Gasteiger partial charge is 0.256 e. The predicted molar refractivity (Wildman–Crippen MR) is 138 cm³/mol. The van der Waals surface area contributed by atoms with E-state index in [1.54, 1.807) is 29.2 Å². The van der Waals surface area contributed by atoms with Crippen molar-refractivity contribution >= 4 is 23.4 Å². The molecular weight excluding hydrogens is 456 g/mol. The first-order valence-corrected chi connectivity index (χ1v) is 12.0. The summed E-state index contributed by atoms with van der Waals surface area (Å²) < 4.78 is 0. The molecule has 1 heterocycles. The van der Waals surface area contributed by atoms with E-state index in [1.165, 1.54) is 0 Å². The number of carbonyl (C=O) groups is 2. The summed E-state index contributed by atoms with van der Waals surface area (Å²) in [6.07, 6.45) is 0.439. The number of hydrogen-bond acceptors (Lipinski definition) is 2. The van der Waals surface area contributed by atoms with Crippen molar-refractivity contribution in [3.8, 4) is 0 Å². The molecule has 0 unspecified atom stereocenters. The van der Waals surface area contributed by atoms with Crippen LogP contribution >= 0.6 is 11.6 Å². The Morgan fingerprint density at radius 3 is 1.91 bits per heavy atom. The highest BCUT2D eigenvalue weighted by molar-refractivity contribution is 6.33. The standard InChI is InChI=1S/C30H25ClN2O2/c31-26-18-10-9-17-25(26)30(35)33-20-24-16-8-7-15-23(24)19-27(33)29(34)32-28(21-11-3-1-4-12-21)22-13-5-2-6-14-22/h1-18,27-28H,19-20H2,(H,32,34)/t27-/m1/s1. The second-order valence-corrected chi connectivity index (χ2v) is 9.07. The van der Waals surface area contributed by atoms with E-state index < -0.39 is 6.04 Å². The molecule has 4 nitrogen and oxygen atoms in total. The van der Waals surface area contributed by atoms with E-state index in [2.05, 4.69) is 5.32 Å². The Morgan fingerprint density at radius 1 is 0.743 bits per heavy atom. The number of hydrogen-bond donors (Lipinski definition) is 1. The quantitative estimate of drug-likeness (QED) is 0.391. The zero-order valence-electron chi connectivity index (χ0n) is 19.1. The number of amides is 2. The Balaban J connectivity index is 1.50. The molecule has 5 heteroatoms. The van der Waals surface area contributed by atoms with E-state index in [0.29, 0.717) is 23.6 Å². The second-order valence-electron chi connectivity index (χ2n) is 8.66. The van der Waals surface area contributed by atoms with Gasteiger partial charge in [0.05, 0.1) is 16.6 Å². The molecule has 0 spiro atoms. The lowest BCUT2D eigenvalue weighted by Gasteiger charge is -2.37. The third kappa shape index (κ3) is 4.84. The molecule has 4 aromatic rings. The van der Waals surface area contributed by atoms with E-state index >= 15 is 0 Å². The molecule has 35 heavy (non-hydrogen) atoms. The minimum atomic E-state index is -0.663. The van der Waals surface area contributed by atoms with Crippen LogP contribution in [0.3, 0.4) is 0 Å². The van der Waals surface area contributed by atoms with Gasteiger partial charge < -0.3 is 10.2 Å². The van der Waals surface area contributed by atoms with E-state index in [-0.39, 0.29) is 17.9 Å². The van der Waals surface area contributed by atoms with Crippen LogP contribution in [0.15, 0.2) is 109 Å². The van der Waals surface area contributed by atoms with Gasteiger partial charge in [-0.25, -0.2) is 0 Å². The summed E-state index contributed by atoms with van der Waals surface area (Å²) in [5.74, 6) is -0.446. The highest BCUT2D eigenvalue weighted by atomic mass is 35.5. The Hall–Kier alpha value is -3.89. The molecule has 5 rings (SSSR count). The summed E-state index contributed by atoms with van der Waals surface area (Å²) >= 11 is 6.36. The van der Waals surface area contributed by atoms with Crippen LogP contribution in [0.5, 0.6) is 0 Å². The monoisotopic (exact) mass is 480 g/mol. The van der Waals surface area contributed by atoms with Crippen LogP contribution in [0.2, 0.25) is 5.02 Å². The summed E-state index contributed by atoms with van der Waals surface area (Å²) in [6, 6.07) is 33.7. The number of carbonyl (C=O) groups excluding carboxylic acids is 2. The molecule has 0 aromatic heterocycles. The maximum absolute atomic E-state index is 13.9. The Morgan fingerprint density at radius 2 is 1.29 bits per heavy atom. The van der Waals surface area contributed by atoms with Gasteiger partial charge in [-0.05, 0) is 34.4 Å². The molecule has 0 saturated carbocycles. The maximum atomic E-state index is 13.9. The fraction of sp³-hybridized carbons (Fsp3) is 0.133. The SMILES string of the molecule is O=C(NC(c1ccccc1)c1ccccc1)[C@H]1Cc2ccccc2CN1C(=O)c1ccccc1Cl. The lowest BCUT2D eigenvalue weighted by Crippen LogP contribution is -2.53. The lowest BCUT2D eigenvalue weighted by molar-refractivity contribution is -0.126. The van der Waals surface area contributed by atoms with Gasteiger partial charge >= 0.3 is 0 Å². The molecule has 2 amide bonds. The van der Waals surface area contributed by atoms with Crippen molar-refractivity contribution in [3.05, 3.63) is 142 Å². The fourth-order valence-corrected chi connectivity index (χ4v) is 4.87. The summed E-state index contributed by atoms with van der Waals surface area (Å²) in [6.45, 7) is 0.347. The highest BCUT2D eigenvalue weighted by Crippen LogP contribution is 2.29. The maximum Gasteiger partial charge on any atom is 0.256 e. The Bertz CT molecular complexity index is 1300. The van der Waals surface area contributed by atoms with Crippen LogP contribution < -0.4 is 5.32 Å². The van der Waals surface area contributed by atoms with E-state index in [4.69, 9.17) is 11.6 Å². The molecule has 0 saturated heterocycles. The van der Waals surface area contributed by atoms with Gasteiger partial charge in [-0.1, -0.05) is 109 Å². The van der Waals surface area contributed by atoms with Crippen LogP contribution in [0.4, 0.5) is 0 Å². The van der Waals surface area contributed by atoms with Crippen molar-refractivity contribution in [2.45, 2.75) is 25.0 Å².